The Hall–Kier alpha value is -2.28. The van der Waals surface area contributed by atoms with Crippen LogP contribution in [0.2, 0.25) is 0 Å². The number of anilines is 1. The number of rotatable bonds is 6. The van der Waals surface area contributed by atoms with Gasteiger partial charge in [-0.2, -0.15) is 5.10 Å². The highest BCUT2D eigenvalue weighted by molar-refractivity contribution is 5.89. The van der Waals surface area contributed by atoms with Crippen LogP contribution in [-0.4, -0.2) is 29.5 Å². The van der Waals surface area contributed by atoms with Crippen molar-refractivity contribution in [3.8, 4) is 0 Å². The minimum absolute atomic E-state index is 0.206. The molecule has 0 aliphatic rings. The van der Waals surface area contributed by atoms with Gasteiger partial charge >= 0.3 is 6.03 Å². The Morgan fingerprint density at radius 3 is 3.00 bits per heavy atom. The first kappa shape index (κ1) is 15.1. The van der Waals surface area contributed by atoms with Gasteiger partial charge in [-0.25, -0.2) is 4.79 Å². The van der Waals surface area contributed by atoms with Crippen molar-refractivity contribution in [2.75, 3.05) is 19.0 Å². The van der Waals surface area contributed by atoms with Gasteiger partial charge in [0.25, 0.3) is 0 Å². The molecule has 2 amide bonds. The smallest absolute Gasteiger partial charge is 0.319 e. The lowest BCUT2D eigenvalue weighted by Crippen LogP contribution is -2.30. The van der Waals surface area contributed by atoms with Gasteiger partial charge in [0, 0.05) is 13.3 Å². The molecule has 0 spiro atoms. The number of hydrogen-bond donors (Lipinski definition) is 2. The van der Waals surface area contributed by atoms with Crippen LogP contribution in [0.25, 0.3) is 0 Å². The molecule has 0 fully saturated rings. The zero-order valence-electron chi connectivity index (χ0n) is 12.4. The maximum Gasteiger partial charge on any atom is 0.319 e. The van der Waals surface area contributed by atoms with Crippen LogP contribution in [0.3, 0.4) is 0 Å². The second-order valence-corrected chi connectivity index (χ2v) is 4.75. The fourth-order valence-electron chi connectivity index (χ4n) is 1.86. The largest absolute Gasteiger partial charge is 0.464 e. The molecule has 2 aromatic heterocycles. The van der Waals surface area contributed by atoms with E-state index in [9.17, 15) is 4.79 Å². The molecule has 0 aromatic carbocycles. The number of aryl methyl sites for hydroxylation is 1. The fraction of sp³-hybridized carbons (Fsp3) is 0.429. The molecule has 0 unspecified atom stereocenters. The van der Waals surface area contributed by atoms with Crippen LogP contribution in [0.1, 0.15) is 24.5 Å². The molecular weight excluding hydrogens is 272 g/mol. The average Bonchev–Trinajstić information content (AvgIpc) is 3.05. The maximum absolute atomic E-state index is 11.9. The summed E-state index contributed by atoms with van der Waals surface area (Å²) in [4.78, 5) is 11.9. The summed E-state index contributed by atoms with van der Waals surface area (Å²) < 4.78 is 12.1. The minimum Gasteiger partial charge on any atom is -0.464 e. The van der Waals surface area contributed by atoms with Crippen molar-refractivity contribution in [3.05, 3.63) is 36.0 Å². The van der Waals surface area contributed by atoms with Gasteiger partial charge in [-0.1, -0.05) is 0 Å². The van der Waals surface area contributed by atoms with E-state index >= 15 is 0 Å². The van der Waals surface area contributed by atoms with E-state index in [2.05, 4.69) is 15.7 Å². The lowest BCUT2D eigenvalue weighted by molar-refractivity contribution is 0.183. The number of amides is 2. The molecular formula is C14H20N4O3. The quantitative estimate of drug-likeness (QED) is 0.856. The number of ether oxygens (including phenoxy) is 1. The molecule has 114 valence electrons. The molecule has 1 atom stereocenters. The van der Waals surface area contributed by atoms with Crippen molar-refractivity contribution in [2.45, 2.75) is 26.4 Å². The van der Waals surface area contributed by atoms with Gasteiger partial charge in [0.2, 0.25) is 0 Å². The molecule has 7 heteroatoms. The molecule has 0 saturated carbocycles. The fourth-order valence-corrected chi connectivity index (χ4v) is 1.86. The molecule has 0 aliphatic heterocycles. The number of methoxy groups -OCH3 is 1. The van der Waals surface area contributed by atoms with Crippen LogP contribution in [0.4, 0.5) is 10.5 Å². The number of furan rings is 1. The van der Waals surface area contributed by atoms with Gasteiger partial charge < -0.3 is 19.8 Å². The number of carbonyl (C=O) groups is 1. The Morgan fingerprint density at radius 1 is 1.52 bits per heavy atom. The van der Waals surface area contributed by atoms with E-state index in [-0.39, 0.29) is 12.1 Å². The van der Waals surface area contributed by atoms with E-state index < -0.39 is 0 Å². The molecule has 21 heavy (non-hydrogen) atoms. The summed E-state index contributed by atoms with van der Waals surface area (Å²) in [5.41, 5.74) is 0.631. The van der Waals surface area contributed by atoms with E-state index in [1.807, 2.05) is 26.0 Å². The number of nitrogens with zero attached hydrogens (tertiary/aromatic N) is 2. The highest BCUT2D eigenvalue weighted by Crippen LogP contribution is 2.15. The Kier molecular flexibility index (Phi) is 4.99. The molecule has 2 heterocycles. The summed E-state index contributed by atoms with van der Waals surface area (Å²) in [5, 5.41) is 9.66. The van der Waals surface area contributed by atoms with Gasteiger partial charge in [-0.05, 0) is 26.0 Å². The van der Waals surface area contributed by atoms with Crippen molar-refractivity contribution >= 4 is 11.7 Å². The summed E-state index contributed by atoms with van der Waals surface area (Å²) in [7, 11) is 1.63. The second kappa shape index (κ2) is 6.94. The third kappa shape index (κ3) is 4.35. The minimum atomic E-state index is -0.303. The van der Waals surface area contributed by atoms with Gasteiger partial charge in [-0.15, -0.1) is 0 Å². The number of nitrogens with one attached hydrogen (secondary N) is 2. The number of hydrogen-bond acceptors (Lipinski definition) is 4. The predicted octanol–water partition coefficient (Wildman–Crippen LogP) is 2.31. The lowest BCUT2D eigenvalue weighted by Gasteiger charge is -2.11. The first-order chi connectivity index (χ1) is 10.1. The van der Waals surface area contributed by atoms with Crippen molar-refractivity contribution in [1.29, 1.82) is 0 Å². The van der Waals surface area contributed by atoms with Crippen molar-refractivity contribution < 1.29 is 13.9 Å². The number of carbonyl (C=O) groups excluding carboxylic acids is 1. The third-order valence-electron chi connectivity index (χ3n) is 2.95. The zero-order valence-corrected chi connectivity index (χ0v) is 12.4. The maximum atomic E-state index is 11.9. The number of aromatic nitrogens is 2. The summed E-state index contributed by atoms with van der Waals surface area (Å²) in [6.07, 6.45) is 3.34. The van der Waals surface area contributed by atoms with Crippen LogP contribution in [0.15, 0.2) is 28.9 Å². The van der Waals surface area contributed by atoms with Crippen LogP contribution in [0.5, 0.6) is 0 Å². The van der Waals surface area contributed by atoms with E-state index in [1.165, 1.54) is 0 Å². The first-order valence-electron chi connectivity index (χ1n) is 6.73. The van der Waals surface area contributed by atoms with Crippen LogP contribution in [0, 0.1) is 6.92 Å². The summed E-state index contributed by atoms with van der Waals surface area (Å²) >= 11 is 0. The van der Waals surface area contributed by atoms with Crippen LogP contribution in [-0.2, 0) is 11.3 Å². The summed E-state index contributed by atoms with van der Waals surface area (Å²) in [6.45, 7) is 4.94. The van der Waals surface area contributed by atoms with Gasteiger partial charge in [-0.3, -0.25) is 4.68 Å². The number of urea groups is 1. The van der Waals surface area contributed by atoms with Crippen molar-refractivity contribution in [3.63, 3.8) is 0 Å². The first-order valence-corrected chi connectivity index (χ1v) is 6.73. The Labute approximate surface area is 123 Å². The molecule has 2 rings (SSSR count). The summed E-state index contributed by atoms with van der Waals surface area (Å²) in [5.74, 6) is 1.54. The zero-order chi connectivity index (χ0) is 15.2. The van der Waals surface area contributed by atoms with E-state index in [0.29, 0.717) is 18.8 Å². The van der Waals surface area contributed by atoms with Crippen molar-refractivity contribution in [2.24, 2.45) is 0 Å². The summed E-state index contributed by atoms with van der Waals surface area (Å²) in [6, 6.07) is 3.21. The molecule has 0 bridgehead atoms. The molecule has 0 radical (unpaired) electrons. The van der Waals surface area contributed by atoms with E-state index in [4.69, 9.17) is 9.15 Å². The monoisotopic (exact) mass is 292 g/mol. The second-order valence-electron chi connectivity index (χ2n) is 4.75. The highest BCUT2D eigenvalue weighted by Gasteiger charge is 2.13. The SMILES string of the molecule is COCCn1cc(NC(=O)N[C@H](C)c2ccc(C)o2)cn1. The molecule has 2 aromatic rings. The standard InChI is InChI=1S/C14H20N4O3/c1-10-4-5-13(21-10)11(2)16-14(19)17-12-8-15-18(9-12)6-7-20-3/h4-5,8-9,11H,6-7H2,1-3H3,(H2,16,17,19)/t11-/m1/s1. The molecule has 7 nitrogen and oxygen atoms in total. The normalized spacial score (nSPS) is 12.1. The average molecular weight is 292 g/mol. The Bertz CT molecular complexity index is 591. The molecule has 0 aliphatic carbocycles. The van der Waals surface area contributed by atoms with Gasteiger partial charge in [0.1, 0.15) is 11.5 Å². The Balaban J connectivity index is 1.85. The predicted molar refractivity (Wildman–Crippen MR) is 78.1 cm³/mol. The highest BCUT2D eigenvalue weighted by atomic mass is 16.5. The van der Waals surface area contributed by atoms with Gasteiger partial charge in [0.05, 0.1) is 31.1 Å². The Morgan fingerprint density at radius 2 is 2.33 bits per heavy atom. The van der Waals surface area contributed by atoms with E-state index in [1.54, 1.807) is 24.2 Å². The van der Waals surface area contributed by atoms with Crippen LogP contribution < -0.4 is 10.6 Å². The molecule has 0 saturated heterocycles. The third-order valence-corrected chi connectivity index (χ3v) is 2.95. The van der Waals surface area contributed by atoms with Crippen LogP contribution >= 0.6 is 0 Å². The molecule has 2 N–H and O–H groups in total. The van der Waals surface area contributed by atoms with Gasteiger partial charge in [0.15, 0.2) is 0 Å². The van der Waals surface area contributed by atoms with E-state index in [0.717, 1.165) is 11.5 Å². The topological polar surface area (TPSA) is 81.3 Å². The lowest BCUT2D eigenvalue weighted by atomic mass is 10.2. The van der Waals surface area contributed by atoms with Crippen molar-refractivity contribution in [1.82, 2.24) is 15.1 Å².